The fourth-order valence-electron chi connectivity index (χ4n) is 1.84. The summed E-state index contributed by atoms with van der Waals surface area (Å²) in [4.78, 5) is 29.3. The Bertz CT molecular complexity index is 1020. The summed E-state index contributed by atoms with van der Waals surface area (Å²) in [7, 11) is -2.24. The van der Waals surface area contributed by atoms with Gasteiger partial charge >= 0.3 is 11.8 Å². The Morgan fingerprint density at radius 1 is 1.05 bits per heavy atom. The molecule has 2 heterocycles. The van der Waals surface area contributed by atoms with E-state index in [0.29, 0.717) is 0 Å². The standard InChI is InChI=1S/C12H9N5O4S/c1-17-5-4-10(15-17)16-22(20,21)7-2-3-8-9(6-7)14-12(19)11(18)13-8/h2-6H,1H3,(H,15,16). The number of carbonyl (C=O) groups is 2. The molecular formula is C12H9N5O4S. The summed E-state index contributed by atoms with van der Waals surface area (Å²) in [6.07, 6.45) is 1.59. The van der Waals surface area contributed by atoms with Gasteiger partial charge in [0.15, 0.2) is 5.82 Å². The van der Waals surface area contributed by atoms with Crippen molar-refractivity contribution in [1.82, 2.24) is 9.78 Å². The van der Waals surface area contributed by atoms with Crippen molar-refractivity contribution >= 4 is 27.7 Å². The Kier molecular flexibility index (Phi) is 3.10. The average Bonchev–Trinajstić information content (AvgIpc) is 2.84. The lowest BCUT2D eigenvalue weighted by Gasteiger charge is -2.06. The molecule has 1 N–H and O–H groups in total. The summed E-state index contributed by atoms with van der Waals surface area (Å²) in [5.74, 6) is -1.84. The lowest BCUT2D eigenvalue weighted by Crippen LogP contribution is -2.35. The number of aromatic nitrogens is 2. The van der Waals surface area contributed by atoms with E-state index in [-0.39, 0.29) is 21.4 Å². The molecule has 1 aromatic heterocycles. The van der Waals surface area contributed by atoms with Gasteiger partial charge in [-0.05, 0) is 18.2 Å². The maximum absolute atomic E-state index is 12.3. The minimum atomic E-state index is -3.89. The number of carbonyl (C=O) groups excluding carboxylic acids is 2. The second-order valence-electron chi connectivity index (χ2n) is 4.46. The second-order valence-corrected chi connectivity index (χ2v) is 6.15. The monoisotopic (exact) mass is 319 g/mol. The van der Waals surface area contributed by atoms with E-state index in [1.807, 2.05) is 0 Å². The molecule has 112 valence electrons. The van der Waals surface area contributed by atoms with Crippen molar-refractivity contribution in [2.75, 3.05) is 4.72 Å². The van der Waals surface area contributed by atoms with Gasteiger partial charge in [0.05, 0.1) is 15.6 Å². The molecule has 0 unspecified atom stereocenters. The molecule has 0 radical (unpaired) electrons. The Morgan fingerprint density at radius 3 is 2.36 bits per heavy atom. The van der Waals surface area contributed by atoms with Crippen molar-refractivity contribution in [3.8, 4) is 0 Å². The van der Waals surface area contributed by atoms with Gasteiger partial charge in [-0.1, -0.05) is 0 Å². The minimum Gasteiger partial charge on any atom is -0.274 e. The molecule has 0 saturated carbocycles. The first kappa shape index (κ1) is 14.1. The zero-order chi connectivity index (χ0) is 15.9. The van der Waals surface area contributed by atoms with Crippen LogP contribution >= 0.6 is 0 Å². The molecule has 9 nitrogen and oxygen atoms in total. The second kappa shape index (κ2) is 4.84. The third-order valence-corrected chi connectivity index (χ3v) is 4.19. The molecule has 0 spiro atoms. The molecule has 0 saturated heterocycles. The van der Waals surface area contributed by atoms with E-state index < -0.39 is 21.8 Å². The summed E-state index contributed by atoms with van der Waals surface area (Å²) < 4.78 is 28.3. The highest BCUT2D eigenvalue weighted by atomic mass is 32.2. The largest absolute Gasteiger partial charge is 0.338 e. The van der Waals surface area contributed by atoms with Gasteiger partial charge in [-0.15, -0.1) is 0 Å². The summed E-state index contributed by atoms with van der Waals surface area (Å²) in [6, 6.07) is 5.26. The van der Waals surface area contributed by atoms with Crippen molar-refractivity contribution in [3.63, 3.8) is 0 Å². The van der Waals surface area contributed by atoms with E-state index in [1.165, 1.54) is 28.9 Å². The number of anilines is 1. The number of hydrogen-bond acceptors (Lipinski definition) is 5. The van der Waals surface area contributed by atoms with Crippen molar-refractivity contribution < 1.29 is 18.0 Å². The van der Waals surface area contributed by atoms with Gasteiger partial charge < -0.3 is 0 Å². The van der Waals surface area contributed by atoms with Crippen LogP contribution in [0.15, 0.2) is 45.3 Å². The van der Waals surface area contributed by atoms with Crippen LogP contribution < -0.4 is 15.4 Å². The number of fused-ring (bicyclic) bond motifs is 1. The molecule has 0 bridgehead atoms. The minimum absolute atomic E-state index is 0.0356. The molecular weight excluding hydrogens is 310 g/mol. The fraction of sp³-hybridized carbons (Fsp3) is 0.0833. The van der Waals surface area contributed by atoms with Gasteiger partial charge in [-0.2, -0.15) is 5.10 Å². The zero-order valence-electron chi connectivity index (χ0n) is 11.2. The number of hydrogen-bond donors (Lipinski definition) is 1. The molecule has 1 aliphatic rings. The van der Waals surface area contributed by atoms with E-state index in [2.05, 4.69) is 19.8 Å². The van der Waals surface area contributed by atoms with Crippen LogP contribution in [-0.4, -0.2) is 30.0 Å². The number of benzene rings is 1. The van der Waals surface area contributed by atoms with Crippen LogP contribution in [0, 0.1) is 0 Å². The molecule has 0 atom stereocenters. The first-order chi connectivity index (χ1) is 10.3. The van der Waals surface area contributed by atoms with Crippen LogP contribution in [0.1, 0.15) is 0 Å². The summed E-state index contributed by atoms with van der Waals surface area (Å²) in [6.45, 7) is 0. The predicted octanol–water partition coefficient (Wildman–Crippen LogP) is -1.47. The molecule has 3 rings (SSSR count). The third kappa shape index (κ3) is 2.51. The van der Waals surface area contributed by atoms with E-state index in [0.717, 1.165) is 0 Å². The van der Waals surface area contributed by atoms with Gasteiger partial charge in [-0.3, -0.25) is 19.0 Å². The van der Waals surface area contributed by atoms with Crippen LogP contribution in [-0.2, 0) is 26.7 Å². The number of nitrogens with zero attached hydrogens (tertiary/aromatic N) is 4. The molecule has 22 heavy (non-hydrogen) atoms. The molecule has 1 aromatic carbocycles. The van der Waals surface area contributed by atoms with Gasteiger partial charge in [-0.25, -0.2) is 18.4 Å². The van der Waals surface area contributed by atoms with Crippen LogP contribution in [0.25, 0.3) is 0 Å². The van der Waals surface area contributed by atoms with Crippen LogP contribution in [0.5, 0.6) is 0 Å². The average molecular weight is 319 g/mol. The number of nitrogens with one attached hydrogen (secondary N) is 1. The Balaban J connectivity index is 2.05. The Morgan fingerprint density at radius 2 is 1.73 bits per heavy atom. The van der Waals surface area contributed by atoms with Crippen molar-refractivity contribution in [3.05, 3.63) is 41.2 Å². The molecule has 2 aromatic rings. The van der Waals surface area contributed by atoms with Crippen molar-refractivity contribution in [2.24, 2.45) is 17.0 Å². The normalized spacial score (nSPS) is 14.0. The number of sulfonamides is 1. The molecule has 0 fully saturated rings. The fourth-order valence-corrected chi connectivity index (χ4v) is 2.85. The summed E-state index contributed by atoms with van der Waals surface area (Å²) >= 11 is 0. The molecule has 1 aliphatic heterocycles. The van der Waals surface area contributed by atoms with Gasteiger partial charge in [0.25, 0.3) is 10.0 Å². The SMILES string of the molecule is Cn1ccc(NS(=O)(=O)c2ccc3c(c2)=NC(=O)C(=O)N=3)n1. The van der Waals surface area contributed by atoms with Crippen LogP contribution in [0.4, 0.5) is 5.82 Å². The van der Waals surface area contributed by atoms with Crippen LogP contribution in [0.3, 0.4) is 0 Å². The summed E-state index contributed by atoms with van der Waals surface area (Å²) in [5, 5.41) is 4.11. The number of aryl methyl sites for hydroxylation is 1. The van der Waals surface area contributed by atoms with E-state index in [1.54, 1.807) is 13.2 Å². The zero-order valence-corrected chi connectivity index (χ0v) is 12.0. The van der Waals surface area contributed by atoms with Gasteiger partial charge in [0.2, 0.25) is 0 Å². The van der Waals surface area contributed by atoms with E-state index in [9.17, 15) is 18.0 Å². The maximum atomic E-state index is 12.3. The molecule has 0 aliphatic carbocycles. The topological polar surface area (TPSA) is 123 Å². The van der Waals surface area contributed by atoms with Gasteiger partial charge in [0, 0.05) is 19.3 Å². The maximum Gasteiger partial charge on any atom is 0.338 e. The van der Waals surface area contributed by atoms with E-state index in [4.69, 9.17) is 0 Å². The first-order valence-corrected chi connectivity index (χ1v) is 7.52. The van der Waals surface area contributed by atoms with Crippen LogP contribution in [0.2, 0.25) is 0 Å². The van der Waals surface area contributed by atoms with E-state index >= 15 is 0 Å². The number of rotatable bonds is 3. The first-order valence-electron chi connectivity index (χ1n) is 6.03. The van der Waals surface area contributed by atoms with Gasteiger partial charge in [0.1, 0.15) is 0 Å². The third-order valence-electron chi connectivity index (χ3n) is 2.84. The Hall–Kier alpha value is -2.88. The molecule has 2 amide bonds. The highest BCUT2D eigenvalue weighted by Crippen LogP contribution is 2.11. The number of amides is 2. The smallest absolute Gasteiger partial charge is 0.274 e. The van der Waals surface area contributed by atoms with Crippen molar-refractivity contribution in [1.29, 1.82) is 0 Å². The predicted molar refractivity (Wildman–Crippen MR) is 72.8 cm³/mol. The van der Waals surface area contributed by atoms with Crippen molar-refractivity contribution in [2.45, 2.75) is 4.90 Å². The molecule has 10 heteroatoms. The lowest BCUT2D eigenvalue weighted by atomic mass is 10.3. The highest BCUT2D eigenvalue weighted by Gasteiger charge is 2.19. The highest BCUT2D eigenvalue weighted by molar-refractivity contribution is 7.92. The summed E-state index contributed by atoms with van der Waals surface area (Å²) in [5.41, 5.74) is 0. The quantitative estimate of drug-likeness (QED) is 0.692. The lowest BCUT2D eigenvalue weighted by molar-refractivity contribution is -0.135. The Labute approximate surface area is 124 Å².